The Hall–Kier alpha value is -2.77. The Kier molecular flexibility index (Phi) is 7.18. The Morgan fingerprint density at radius 2 is 1.93 bits per heavy atom. The van der Waals surface area contributed by atoms with E-state index in [2.05, 4.69) is 24.1 Å². The van der Waals surface area contributed by atoms with Crippen LogP contribution in [0.3, 0.4) is 0 Å². The summed E-state index contributed by atoms with van der Waals surface area (Å²) in [5, 5.41) is 3.67. The van der Waals surface area contributed by atoms with E-state index in [1.807, 2.05) is 43.3 Å². The number of fused-ring (bicyclic) bond motifs is 1. The second-order valence-electron chi connectivity index (χ2n) is 7.13. The molecular formula is C23H27N3O3S. The number of pyridine rings is 1. The summed E-state index contributed by atoms with van der Waals surface area (Å²) < 4.78 is 4.94. The molecular weight excluding hydrogens is 398 g/mol. The van der Waals surface area contributed by atoms with Crippen LogP contribution in [0, 0.1) is 6.92 Å². The van der Waals surface area contributed by atoms with Crippen molar-refractivity contribution in [3.8, 4) is 0 Å². The highest BCUT2D eigenvalue weighted by molar-refractivity contribution is 7.21. The van der Waals surface area contributed by atoms with Gasteiger partial charge in [-0.1, -0.05) is 43.7 Å². The predicted octanol–water partition coefficient (Wildman–Crippen LogP) is 4.41. The lowest BCUT2D eigenvalue weighted by molar-refractivity contribution is -0.115. The van der Waals surface area contributed by atoms with Gasteiger partial charge in [-0.25, -0.2) is 9.78 Å². The first-order valence-electron chi connectivity index (χ1n) is 10.0. The third-order valence-electron chi connectivity index (χ3n) is 4.98. The van der Waals surface area contributed by atoms with Crippen molar-refractivity contribution in [3.63, 3.8) is 0 Å². The lowest BCUT2D eigenvalue weighted by Gasteiger charge is -2.17. The quantitative estimate of drug-likeness (QED) is 0.541. The second-order valence-corrected chi connectivity index (χ2v) is 8.13. The highest BCUT2D eigenvalue weighted by Crippen LogP contribution is 2.35. The molecule has 0 atom stereocenters. The minimum absolute atomic E-state index is 0.183. The molecule has 7 heteroatoms. The third-order valence-corrected chi connectivity index (χ3v) is 6.05. The fourth-order valence-corrected chi connectivity index (χ4v) is 4.40. The van der Waals surface area contributed by atoms with Gasteiger partial charge in [0.2, 0.25) is 5.91 Å². The van der Waals surface area contributed by atoms with Crippen LogP contribution < -0.4 is 5.32 Å². The summed E-state index contributed by atoms with van der Waals surface area (Å²) in [6.07, 6.45) is 0.229. The standard InChI is InChI=1S/C23H27N3O3S/c1-5-26(6-2)14-17-10-11-18-20(21(23(28)29-4)30-22(18)24-17)25-19(27)13-16-9-7-8-15(3)12-16/h7-12H,5-6,13-14H2,1-4H3,(H,25,27). The fraction of sp³-hybridized carbons (Fsp3) is 0.348. The number of nitrogens with one attached hydrogen (secondary N) is 1. The largest absolute Gasteiger partial charge is 0.465 e. The summed E-state index contributed by atoms with van der Waals surface area (Å²) in [5.74, 6) is -0.660. The summed E-state index contributed by atoms with van der Waals surface area (Å²) in [6.45, 7) is 8.84. The molecule has 2 heterocycles. The number of carbonyl (C=O) groups excluding carboxylic acids is 2. The van der Waals surface area contributed by atoms with Crippen LogP contribution >= 0.6 is 11.3 Å². The normalized spacial score (nSPS) is 11.1. The molecule has 0 unspecified atom stereocenters. The van der Waals surface area contributed by atoms with Crippen LogP contribution in [0.15, 0.2) is 36.4 Å². The van der Waals surface area contributed by atoms with Gasteiger partial charge in [0.15, 0.2) is 0 Å². The van der Waals surface area contributed by atoms with Crippen molar-refractivity contribution >= 4 is 39.1 Å². The molecule has 0 aliphatic rings. The molecule has 0 aliphatic carbocycles. The van der Waals surface area contributed by atoms with Gasteiger partial charge in [-0.05, 0) is 37.7 Å². The number of ether oxygens (including phenoxy) is 1. The molecule has 30 heavy (non-hydrogen) atoms. The summed E-state index contributed by atoms with van der Waals surface area (Å²) in [4.78, 5) is 33.1. The second kappa shape index (κ2) is 9.82. The zero-order valence-corrected chi connectivity index (χ0v) is 18.6. The summed E-state index contributed by atoms with van der Waals surface area (Å²) in [5.41, 5.74) is 3.43. The monoisotopic (exact) mass is 425 g/mol. The molecule has 0 bridgehead atoms. The van der Waals surface area contributed by atoms with Crippen molar-refractivity contribution in [2.24, 2.45) is 0 Å². The Morgan fingerprint density at radius 1 is 1.17 bits per heavy atom. The molecule has 0 saturated carbocycles. The molecule has 0 fully saturated rings. The number of hydrogen-bond donors (Lipinski definition) is 1. The van der Waals surface area contributed by atoms with Crippen LogP contribution in [0.5, 0.6) is 0 Å². The number of benzene rings is 1. The number of anilines is 1. The molecule has 3 aromatic rings. The highest BCUT2D eigenvalue weighted by Gasteiger charge is 2.22. The van der Waals surface area contributed by atoms with E-state index in [9.17, 15) is 9.59 Å². The number of carbonyl (C=O) groups is 2. The molecule has 0 saturated heterocycles. The number of amides is 1. The van der Waals surface area contributed by atoms with Gasteiger partial charge in [0, 0.05) is 11.9 Å². The Morgan fingerprint density at radius 3 is 2.60 bits per heavy atom. The molecule has 158 valence electrons. The van der Waals surface area contributed by atoms with Gasteiger partial charge in [0.1, 0.15) is 9.71 Å². The molecule has 1 aromatic carbocycles. The average Bonchev–Trinajstić information content (AvgIpc) is 3.08. The summed E-state index contributed by atoms with van der Waals surface area (Å²) >= 11 is 1.24. The predicted molar refractivity (Wildman–Crippen MR) is 121 cm³/mol. The van der Waals surface area contributed by atoms with E-state index in [-0.39, 0.29) is 12.3 Å². The number of nitrogens with zero attached hydrogens (tertiary/aromatic N) is 2. The summed E-state index contributed by atoms with van der Waals surface area (Å²) in [7, 11) is 1.34. The molecule has 1 N–H and O–H groups in total. The topological polar surface area (TPSA) is 71.5 Å². The average molecular weight is 426 g/mol. The van der Waals surface area contributed by atoms with Gasteiger partial charge in [0.25, 0.3) is 0 Å². The Labute approximate surface area is 180 Å². The zero-order valence-electron chi connectivity index (χ0n) is 17.8. The van der Waals surface area contributed by atoms with Gasteiger partial charge >= 0.3 is 5.97 Å². The maximum Gasteiger partial charge on any atom is 0.350 e. The van der Waals surface area contributed by atoms with Crippen molar-refractivity contribution in [1.29, 1.82) is 0 Å². The van der Waals surface area contributed by atoms with Gasteiger partial charge in [0.05, 0.1) is 24.9 Å². The number of aryl methyl sites for hydroxylation is 1. The fourth-order valence-electron chi connectivity index (χ4n) is 3.33. The number of hydrogen-bond acceptors (Lipinski definition) is 6. The molecule has 6 nitrogen and oxygen atoms in total. The maximum atomic E-state index is 12.7. The third kappa shape index (κ3) is 5.04. The van der Waals surface area contributed by atoms with Crippen molar-refractivity contribution in [3.05, 3.63) is 58.1 Å². The minimum Gasteiger partial charge on any atom is -0.465 e. The zero-order chi connectivity index (χ0) is 21.7. The first-order valence-corrected chi connectivity index (χ1v) is 10.8. The summed E-state index contributed by atoms with van der Waals surface area (Å²) in [6, 6.07) is 11.7. The molecule has 3 rings (SSSR count). The van der Waals surface area contributed by atoms with E-state index in [4.69, 9.17) is 9.72 Å². The molecule has 0 aliphatic heterocycles. The van der Waals surface area contributed by atoms with Crippen molar-refractivity contribution in [1.82, 2.24) is 9.88 Å². The van der Waals surface area contributed by atoms with Gasteiger partial charge in [-0.3, -0.25) is 9.69 Å². The number of methoxy groups -OCH3 is 1. The van der Waals surface area contributed by atoms with Crippen LogP contribution in [-0.2, 0) is 22.5 Å². The van der Waals surface area contributed by atoms with E-state index >= 15 is 0 Å². The van der Waals surface area contributed by atoms with Gasteiger partial charge in [-0.2, -0.15) is 0 Å². The van der Waals surface area contributed by atoms with E-state index < -0.39 is 5.97 Å². The van der Waals surface area contributed by atoms with E-state index in [1.165, 1.54) is 18.4 Å². The van der Waals surface area contributed by atoms with E-state index in [1.54, 1.807) is 0 Å². The minimum atomic E-state index is -0.478. The molecule has 0 radical (unpaired) electrons. The van der Waals surface area contributed by atoms with E-state index in [0.717, 1.165) is 41.8 Å². The van der Waals surface area contributed by atoms with Crippen LogP contribution in [-0.4, -0.2) is 42.0 Å². The SMILES string of the molecule is CCN(CC)Cc1ccc2c(NC(=O)Cc3cccc(C)c3)c(C(=O)OC)sc2n1. The number of esters is 1. The lowest BCUT2D eigenvalue weighted by Crippen LogP contribution is -2.22. The number of aromatic nitrogens is 1. The smallest absolute Gasteiger partial charge is 0.350 e. The molecule has 2 aromatic heterocycles. The van der Waals surface area contributed by atoms with Crippen molar-refractivity contribution < 1.29 is 14.3 Å². The first kappa shape index (κ1) is 21.9. The van der Waals surface area contributed by atoms with Crippen molar-refractivity contribution in [2.45, 2.75) is 33.7 Å². The van der Waals surface area contributed by atoms with Crippen LogP contribution in [0.2, 0.25) is 0 Å². The first-order chi connectivity index (χ1) is 14.4. The van der Waals surface area contributed by atoms with Crippen LogP contribution in [0.1, 0.15) is 40.3 Å². The molecule has 1 amide bonds. The number of rotatable bonds is 8. The van der Waals surface area contributed by atoms with Crippen LogP contribution in [0.4, 0.5) is 5.69 Å². The van der Waals surface area contributed by atoms with E-state index in [0.29, 0.717) is 15.4 Å². The van der Waals surface area contributed by atoms with Crippen molar-refractivity contribution in [2.75, 3.05) is 25.5 Å². The number of thiophene rings is 1. The lowest BCUT2D eigenvalue weighted by atomic mass is 10.1. The molecule has 0 spiro atoms. The van der Waals surface area contributed by atoms with Gasteiger partial charge < -0.3 is 10.1 Å². The van der Waals surface area contributed by atoms with Gasteiger partial charge in [-0.15, -0.1) is 11.3 Å². The highest BCUT2D eigenvalue weighted by atomic mass is 32.1. The Balaban J connectivity index is 1.91. The Bertz CT molecular complexity index is 1060. The van der Waals surface area contributed by atoms with Crippen LogP contribution in [0.25, 0.3) is 10.2 Å². The maximum absolute atomic E-state index is 12.7.